The molecule has 18 heavy (non-hydrogen) atoms. The Morgan fingerprint density at radius 1 is 1.22 bits per heavy atom. The van der Waals surface area contributed by atoms with Crippen LogP contribution in [0.15, 0.2) is 0 Å². The topological polar surface area (TPSA) is 60.9 Å². The molecule has 0 aromatic carbocycles. The second-order valence-corrected chi connectivity index (χ2v) is 7.25. The predicted octanol–water partition coefficient (Wildman–Crippen LogP) is 0.810. The summed E-state index contributed by atoms with van der Waals surface area (Å²) in [4.78, 5) is 0. The third-order valence-corrected chi connectivity index (χ3v) is 6.21. The van der Waals surface area contributed by atoms with Crippen LogP contribution in [0.3, 0.4) is 0 Å². The van der Waals surface area contributed by atoms with Crippen molar-refractivity contribution in [2.75, 3.05) is 26.2 Å². The van der Waals surface area contributed by atoms with Gasteiger partial charge >= 0.3 is 0 Å². The maximum absolute atomic E-state index is 12.6. The van der Waals surface area contributed by atoms with Crippen molar-refractivity contribution in [1.82, 2.24) is 8.61 Å². The Balaban J connectivity index is 2.10. The molecule has 2 fully saturated rings. The Morgan fingerprint density at radius 3 is 2.61 bits per heavy atom. The smallest absolute Gasteiger partial charge is 0.282 e. The van der Waals surface area contributed by atoms with Crippen LogP contribution in [0.25, 0.3) is 0 Å². The van der Waals surface area contributed by atoms with E-state index in [4.69, 9.17) is 0 Å². The number of aliphatic hydroxyl groups is 1. The minimum Gasteiger partial charge on any atom is -0.396 e. The van der Waals surface area contributed by atoms with Crippen LogP contribution in [0.5, 0.6) is 0 Å². The van der Waals surface area contributed by atoms with Crippen LogP contribution in [0.2, 0.25) is 0 Å². The first-order chi connectivity index (χ1) is 8.59. The SMILES string of the molecule is CCC1CCCN1S(=O)(=O)N1CCCC(CO)C1. The lowest BCUT2D eigenvalue weighted by Crippen LogP contribution is -2.49. The van der Waals surface area contributed by atoms with Gasteiger partial charge in [-0.25, -0.2) is 0 Å². The summed E-state index contributed by atoms with van der Waals surface area (Å²) in [5.41, 5.74) is 0. The van der Waals surface area contributed by atoms with E-state index in [-0.39, 0.29) is 18.6 Å². The molecule has 0 saturated carbocycles. The zero-order valence-corrected chi connectivity index (χ0v) is 11.9. The van der Waals surface area contributed by atoms with Gasteiger partial charge in [0.15, 0.2) is 0 Å². The van der Waals surface area contributed by atoms with Crippen LogP contribution in [0.4, 0.5) is 0 Å². The van der Waals surface area contributed by atoms with Crippen LogP contribution in [-0.4, -0.2) is 54.4 Å². The molecule has 0 amide bonds. The summed E-state index contributed by atoms with van der Waals surface area (Å²) in [7, 11) is -3.31. The highest BCUT2D eigenvalue weighted by Crippen LogP contribution is 2.28. The molecule has 0 radical (unpaired) electrons. The summed E-state index contributed by atoms with van der Waals surface area (Å²) in [6, 6.07) is 0.171. The lowest BCUT2D eigenvalue weighted by molar-refractivity contribution is 0.160. The fourth-order valence-electron chi connectivity index (χ4n) is 3.05. The van der Waals surface area contributed by atoms with Crippen molar-refractivity contribution in [3.05, 3.63) is 0 Å². The lowest BCUT2D eigenvalue weighted by Gasteiger charge is -2.35. The maximum Gasteiger partial charge on any atom is 0.282 e. The van der Waals surface area contributed by atoms with Gasteiger partial charge < -0.3 is 5.11 Å². The van der Waals surface area contributed by atoms with Crippen LogP contribution in [0, 0.1) is 5.92 Å². The monoisotopic (exact) mass is 276 g/mol. The first-order valence-electron chi connectivity index (χ1n) is 6.97. The van der Waals surface area contributed by atoms with E-state index in [0.29, 0.717) is 19.6 Å². The van der Waals surface area contributed by atoms with E-state index in [1.807, 2.05) is 6.92 Å². The molecule has 2 aliphatic rings. The molecule has 2 unspecified atom stereocenters. The highest BCUT2D eigenvalue weighted by Gasteiger charge is 2.38. The van der Waals surface area contributed by atoms with E-state index in [0.717, 1.165) is 32.1 Å². The molecule has 6 heteroatoms. The zero-order valence-electron chi connectivity index (χ0n) is 11.1. The van der Waals surface area contributed by atoms with E-state index >= 15 is 0 Å². The van der Waals surface area contributed by atoms with Gasteiger partial charge in [0.25, 0.3) is 10.2 Å². The quantitative estimate of drug-likeness (QED) is 0.826. The van der Waals surface area contributed by atoms with Crippen molar-refractivity contribution in [3.8, 4) is 0 Å². The molecule has 5 nitrogen and oxygen atoms in total. The molecule has 2 heterocycles. The van der Waals surface area contributed by atoms with Crippen molar-refractivity contribution in [3.63, 3.8) is 0 Å². The second kappa shape index (κ2) is 5.86. The van der Waals surface area contributed by atoms with Gasteiger partial charge in [0, 0.05) is 32.3 Å². The van der Waals surface area contributed by atoms with E-state index in [2.05, 4.69) is 0 Å². The molecule has 0 spiro atoms. The molecular weight excluding hydrogens is 252 g/mol. The minimum absolute atomic E-state index is 0.0865. The van der Waals surface area contributed by atoms with Crippen molar-refractivity contribution in [1.29, 1.82) is 0 Å². The normalized spacial score (nSPS) is 31.9. The first kappa shape index (κ1) is 14.2. The Morgan fingerprint density at radius 2 is 1.94 bits per heavy atom. The summed E-state index contributed by atoms with van der Waals surface area (Å²) < 4.78 is 28.4. The van der Waals surface area contributed by atoms with Crippen LogP contribution >= 0.6 is 0 Å². The first-order valence-corrected chi connectivity index (χ1v) is 8.37. The molecular formula is C12H24N2O3S. The molecule has 2 rings (SSSR count). The van der Waals surface area contributed by atoms with Crippen LogP contribution in [0.1, 0.15) is 39.0 Å². The van der Waals surface area contributed by atoms with Crippen molar-refractivity contribution in [2.45, 2.75) is 45.1 Å². The third-order valence-electron chi connectivity index (χ3n) is 4.16. The van der Waals surface area contributed by atoms with E-state index in [1.165, 1.54) is 0 Å². The third kappa shape index (κ3) is 2.71. The maximum atomic E-state index is 12.6. The fraction of sp³-hybridized carbons (Fsp3) is 1.00. The van der Waals surface area contributed by atoms with E-state index in [9.17, 15) is 13.5 Å². The predicted molar refractivity (Wildman–Crippen MR) is 70.3 cm³/mol. The van der Waals surface area contributed by atoms with Gasteiger partial charge in [0.05, 0.1) is 0 Å². The van der Waals surface area contributed by atoms with Crippen LogP contribution in [-0.2, 0) is 10.2 Å². The Bertz CT molecular complexity index is 372. The summed E-state index contributed by atoms with van der Waals surface area (Å²) in [5, 5.41) is 9.20. The van der Waals surface area contributed by atoms with Gasteiger partial charge in [-0.2, -0.15) is 17.0 Å². The van der Waals surface area contributed by atoms with Gasteiger partial charge in [-0.05, 0) is 38.0 Å². The summed E-state index contributed by atoms with van der Waals surface area (Å²) >= 11 is 0. The van der Waals surface area contributed by atoms with Gasteiger partial charge in [-0.3, -0.25) is 0 Å². The van der Waals surface area contributed by atoms with Crippen LogP contribution < -0.4 is 0 Å². The standard InChI is InChI=1S/C12H24N2O3S/c1-2-12-6-4-8-14(12)18(16,17)13-7-3-5-11(9-13)10-15/h11-12,15H,2-10H2,1H3. The Labute approximate surface area is 110 Å². The zero-order chi connectivity index (χ0) is 13.2. The number of piperidine rings is 1. The van der Waals surface area contributed by atoms with Gasteiger partial charge in [-0.1, -0.05) is 6.92 Å². The molecule has 0 aromatic heterocycles. The Hall–Kier alpha value is -0.170. The highest BCUT2D eigenvalue weighted by atomic mass is 32.2. The average molecular weight is 276 g/mol. The lowest BCUT2D eigenvalue weighted by atomic mass is 10.0. The average Bonchev–Trinajstić information content (AvgIpc) is 2.88. The second-order valence-electron chi connectivity index (χ2n) is 5.37. The Kier molecular flexibility index (Phi) is 4.64. The van der Waals surface area contributed by atoms with Crippen molar-refractivity contribution < 1.29 is 13.5 Å². The van der Waals surface area contributed by atoms with Gasteiger partial charge in [0.2, 0.25) is 0 Å². The summed E-state index contributed by atoms with van der Waals surface area (Å²) in [6.07, 6.45) is 4.62. The number of hydrogen-bond acceptors (Lipinski definition) is 3. The molecule has 2 saturated heterocycles. The van der Waals surface area contributed by atoms with Gasteiger partial charge in [0.1, 0.15) is 0 Å². The van der Waals surface area contributed by atoms with Gasteiger partial charge in [-0.15, -0.1) is 0 Å². The number of aliphatic hydroxyl groups excluding tert-OH is 1. The summed E-state index contributed by atoms with van der Waals surface area (Å²) in [6.45, 7) is 3.87. The molecule has 0 aliphatic carbocycles. The van der Waals surface area contributed by atoms with Crippen molar-refractivity contribution >= 4 is 10.2 Å². The molecule has 2 aliphatic heterocycles. The van der Waals surface area contributed by atoms with E-state index in [1.54, 1.807) is 8.61 Å². The number of rotatable bonds is 4. The molecule has 0 aromatic rings. The molecule has 2 atom stereocenters. The largest absolute Gasteiger partial charge is 0.396 e. The number of hydrogen-bond donors (Lipinski definition) is 1. The van der Waals surface area contributed by atoms with E-state index < -0.39 is 10.2 Å². The fourth-order valence-corrected chi connectivity index (χ4v) is 5.10. The summed E-state index contributed by atoms with van der Waals surface area (Å²) in [5.74, 6) is 0.108. The minimum atomic E-state index is -3.31. The number of nitrogens with zero attached hydrogens (tertiary/aromatic N) is 2. The molecule has 0 bridgehead atoms. The molecule has 1 N–H and O–H groups in total. The van der Waals surface area contributed by atoms with Crippen molar-refractivity contribution in [2.24, 2.45) is 5.92 Å². The molecule has 106 valence electrons. The highest BCUT2D eigenvalue weighted by molar-refractivity contribution is 7.86.